The van der Waals surface area contributed by atoms with Crippen LogP contribution < -0.4 is 0 Å². The SMILES string of the molecule is O=C(c1cccc(C(F)F)c1)c1nccn1Cc1ccccc1. The second kappa shape index (κ2) is 6.52. The van der Waals surface area contributed by atoms with E-state index in [0.717, 1.165) is 5.56 Å². The average molecular weight is 312 g/mol. The van der Waals surface area contributed by atoms with Crippen molar-refractivity contribution >= 4 is 5.78 Å². The molecule has 1 aromatic heterocycles. The molecular weight excluding hydrogens is 298 g/mol. The molecule has 0 saturated carbocycles. The molecule has 5 heteroatoms. The molecule has 0 aliphatic rings. The van der Waals surface area contributed by atoms with E-state index in [0.29, 0.717) is 6.54 Å². The van der Waals surface area contributed by atoms with Gasteiger partial charge in [-0.05, 0) is 11.6 Å². The summed E-state index contributed by atoms with van der Waals surface area (Å²) in [6.45, 7) is 0.496. The molecule has 0 bridgehead atoms. The Kier molecular flexibility index (Phi) is 4.28. The summed E-state index contributed by atoms with van der Waals surface area (Å²) in [5, 5.41) is 0. The van der Waals surface area contributed by atoms with E-state index in [1.165, 1.54) is 30.5 Å². The van der Waals surface area contributed by atoms with Gasteiger partial charge in [-0.15, -0.1) is 0 Å². The predicted octanol–water partition coefficient (Wildman–Crippen LogP) is 4.10. The number of hydrogen-bond donors (Lipinski definition) is 0. The fourth-order valence-corrected chi connectivity index (χ4v) is 2.37. The molecule has 0 unspecified atom stereocenters. The number of imidazole rings is 1. The number of halogens is 2. The van der Waals surface area contributed by atoms with Gasteiger partial charge in [0.2, 0.25) is 5.78 Å². The molecule has 23 heavy (non-hydrogen) atoms. The number of nitrogens with zero attached hydrogens (tertiary/aromatic N) is 2. The summed E-state index contributed by atoms with van der Waals surface area (Å²) in [4.78, 5) is 16.7. The van der Waals surface area contributed by atoms with Gasteiger partial charge >= 0.3 is 0 Å². The minimum Gasteiger partial charge on any atom is -0.324 e. The van der Waals surface area contributed by atoms with E-state index < -0.39 is 6.43 Å². The number of carbonyl (C=O) groups excluding carboxylic acids is 1. The summed E-state index contributed by atoms with van der Waals surface area (Å²) < 4.78 is 27.3. The Morgan fingerprint density at radius 3 is 2.61 bits per heavy atom. The van der Waals surface area contributed by atoms with Crippen LogP contribution in [0.1, 0.15) is 33.7 Å². The van der Waals surface area contributed by atoms with Gasteiger partial charge in [0.1, 0.15) is 0 Å². The lowest BCUT2D eigenvalue weighted by atomic mass is 10.1. The summed E-state index contributed by atoms with van der Waals surface area (Å²) in [6, 6.07) is 15.2. The van der Waals surface area contributed by atoms with Gasteiger partial charge in [-0.2, -0.15) is 0 Å². The third kappa shape index (κ3) is 3.34. The van der Waals surface area contributed by atoms with E-state index in [2.05, 4.69) is 4.98 Å². The van der Waals surface area contributed by atoms with Gasteiger partial charge in [-0.1, -0.05) is 48.5 Å². The molecule has 0 aliphatic heterocycles. The Balaban J connectivity index is 1.89. The zero-order chi connectivity index (χ0) is 16.2. The monoisotopic (exact) mass is 312 g/mol. The highest BCUT2D eigenvalue weighted by Gasteiger charge is 2.17. The highest BCUT2D eigenvalue weighted by Crippen LogP contribution is 2.21. The first-order valence-electron chi connectivity index (χ1n) is 7.13. The van der Waals surface area contributed by atoms with Crippen molar-refractivity contribution in [3.8, 4) is 0 Å². The Labute approximate surface area is 132 Å². The molecule has 0 saturated heterocycles. The van der Waals surface area contributed by atoms with Gasteiger partial charge in [0, 0.05) is 30.1 Å². The van der Waals surface area contributed by atoms with Gasteiger partial charge < -0.3 is 4.57 Å². The highest BCUT2D eigenvalue weighted by atomic mass is 19.3. The van der Waals surface area contributed by atoms with E-state index in [1.807, 2.05) is 30.3 Å². The van der Waals surface area contributed by atoms with E-state index in [4.69, 9.17) is 0 Å². The Bertz CT molecular complexity index is 813. The lowest BCUT2D eigenvalue weighted by Gasteiger charge is -2.08. The Morgan fingerprint density at radius 2 is 1.87 bits per heavy atom. The van der Waals surface area contributed by atoms with Gasteiger partial charge in [0.25, 0.3) is 6.43 Å². The molecule has 0 amide bonds. The third-order valence-corrected chi connectivity index (χ3v) is 3.52. The third-order valence-electron chi connectivity index (χ3n) is 3.52. The second-order valence-electron chi connectivity index (χ2n) is 5.12. The fraction of sp³-hybridized carbons (Fsp3) is 0.111. The minimum atomic E-state index is -2.60. The summed E-state index contributed by atoms with van der Waals surface area (Å²) in [5.74, 6) is -0.131. The van der Waals surface area contributed by atoms with Gasteiger partial charge in [-0.25, -0.2) is 13.8 Å². The molecule has 0 N–H and O–H groups in total. The zero-order valence-corrected chi connectivity index (χ0v) is 12.2. The molecule has 0 radical (unpaired) electrons. The maximum atomic E-state index is 12.8. The lowest BCUT2D eigenvalue weighted by molar-refractivity contribution is 0.102. The topological polar surface area (TPSA) is 34.9 Å². The van der Waals surface area contributed by atoms with Crippen molar-refractivity contribution in [3.63, 3.8) is 0 Å². The van der Waals surface area contributed by atoms with Crippen molar-refractivity contribution in [2.75, 3.05) is 0 Å². The summed E-state index contributed by atoms with van der Waals surface area (Å²) in [5.41, 5.74) is 1.07. The van der Waals surface area contributed by atoms with Crippen LogP contribution >= 0.6 is 0 Å². The smallest absolute Gasteiger partial charge is 0.263 e. The molecule has 2 aromatic carbocycles. The quantitative estimate of drug-likeness (QED) is 0.665. The van der Waals surface area contributed by atoms with Crippen LogP contribution in [-0.2, 0) is 6.54 Å². The van der Waals surface area contributed by atoms with Gasteiger partial charge in [-0.3, -0.25) is 4.79 Å². The average Bonchev–Trinajstić information content (AvgIpc) is 3.03. The van der Waals surface area contributed by atoms with Crippen LogP contribution in [-0.4, -0.2) is 15.3 Å². The molecule has 3 aromatic rings. The molecule has 0 aliphatic carbocycles. The van der Waals surface area contributed by atoms with Gasteiger partial charge in [0.15, 0.2) is 5.82 Å². The van der Waals surface area contributed by atoms with Crippen LogP contribution in [0.4, 0.5) is 8.78 Å². The second-order valence-corrected chi connectivity index (χ2v) is 5.12. The fourth-order valence-electron chi connectivity index (χ4n) is 2.37. The lowest BCUT2D eigenvalue weighted by Crippen LogP contribution is -2.12. The van der Waals surface area contributed by atoms with Crippen molar-refractivity contribution < 1.29 is 13.6 Å². The predicted molar refractivity (Wildman–Crippen MR) is 82.6 cm³/mol. The van der Waals surface area contributed by atoms with E-state index in [-0.39, 0.29) is 22.7 Å². The number of ketones is 1. The first-order chi connectivity index (χ1) is 11.1. The standard InChI is InChI=1S/C18H14F2N2O/c19-17(20)15-8-4-7-14(11-15)16(23)18-21-9-10-22(18)12-13-5-2-1-3-6-13/h1-11,17H,12H2. The van der Waals surface area contributed by atoms with Crippen molar-refractivity contribution in [1.29, 1.82) is 0 Å². The van der Waals surface area contributed by atoms with Crippen LogP contribution in [0.15, 0.2) is 67.0 Å². The summed E-state index contributed by atoms with van der Waals surface area (Å²) in [6.07, 6.45) is 0.636. The number of hydrogen-bond acceptors (Lipinski definition) is 2. The Morgan fingerprint density at radius 1 is 1.09 bits per heavy atom. The van der Waals surface area contributed by atoms with E-state index in [1.54, 1.807) is 10.8 Å². The van der Waals surface area contributed by atoms with E-state index in [9.17, 15) is 13.6 Å². The van der Waals surface area contributed by atoms with Crippen molar-refractivity contribution in [3.05, 3.63) is 89.5 Å². The maximum Gasteiger partial charge on any atom is 0.263 e. The van der Waals surface area contributed by atoms with Crippen molar-refractivity contribution in [2.24, 2.45) is 0 Å². The number of benzene rings is 2. The molecule has 0 atom stereocenters. The number of alkyl halides is 2. The number of rotatable bonds is 5. The molecular formula is C18H14F2N2O. The zero-order valence-electron chi connectivity index (χ0n) is 12.2. The first-order valence-corrected chi connectivity index (χ1v) is 7.13. The molecule has 0 fully saturated rings. The van der Waals surface area contributed by atoms with Crippen LogP contribution in [0.25, 0.3) is 0 Å². The first kappa shape index (κ1) is 15.1. The largest absolute Gasteiger partial charge is 0.324 e. The minimum absolute atomic E-state index is 0.169. The van der Waals surface area contributed by atoms with E-state index >= 15 is 0 Å². The molecule has 3 rings (SSSR count). The number of carbonyl (C=O) groups is 1. The summed E-state index contributed by atoms with van der Waals surface area (Å²) >= 11 is 0. The van der Waals surface area contributed by atoms with Crippen LogP contribution in [0.5, 0.6) is 0 Å². The molecule has 3 nitrogen and oxygen atoms in total. The van der Waals surface area contributed by atoms with Crippen LogP contribution in [0.3, 0.4) is 0 Å². The molecule has 1 heterocycles. The Hall–Kier alpha value is -2.82. The van der Waals surface area contributed by atoms with Crippen molar-refractivity contribution in [1.82, 2.24) is 9.55 Å². The summed E-state index contributed by atoms with van der Waals surface area (Å²) in [7, 11) is 0. The maximum absolute atomic E-state index is 12.8. The van der Waals surface area contributed by atoms with Crippen LogP contribution in [0.2, 0.25) is 0 Å². The van der Waals surface area contributed by atoms with Crippen molar-refractivity contribution in [2.45, 2.75) is 13.0 Å². The molecule has 0 spiro atoms. The van der Waals surface area contributed by atoms with Gasteiger partial charge in [0.05, 0.1) is 0 Å². The highest BCUT2D eigenvalue weighted by molar-refractivity contribution is 6.06. The molecule has 116 valence electrons. The number of aromatic nitrogens is 2. The normalized spacial score (nSPS) is 10.9. The van der Waals surface area contributed by atoms with Crippen LogP contribution in [0, 0.1) is 0 Å².